The molecule has 0 bridgehead atoms. The minimum absolute atomic E-state index is 0.208. The third kappa shape index (κ3) is 3.09. The van der Waals surface area contributed by atoms with Gasteiger partial charge in [0.15, 0.2) is 0 Å². The largest absolute Gasteiger partial charge is 0.288 e. The van der Waals surface area contributed by atoms with Gasteiger partial charge in [0.2, 0.25) is 0 Å². The predicted octanol–water partition coefficient (Wildman–Crippen LogP) is 1.12. The Hall–Kier alpha value is -2.31. The Kier molecular flexibility index (Phi) is 3.95. The Morgan fingerprint density at radius 2 is 2.39 bits per heavy atom. The molecule has 2 aromatic rings. The van der Waals surface area contributed by atoms with Crippen molar-refractivity contribution in [3.05, 3.63) is 30.1 Å². The number of aromatic nitrogens is 5. The lowest BCUT2D eigenvalue weighted by Gasteiger charge is -1.99. The van der Waals surface area contributed by atoms with E-state index in [1.807, 2.05) is 0 Å². The average molecular weight is 246 g/mol. The maximum Gasteiger partial charge on any atom is 0.270 e. The normalized spacial score (nSPS) is 10.3. The third-order valence-electron chi connectivity index (χ3n) is 2.31. The number of carbonyl (C=O) groups is 1. The quantitative estimate of drug-likeness (QED) is 0.854. The van der Waals surface area contributed by atoms with Crippen LogP contribution in [0.15, 0.2) is 24.5 Å². The van der Waals surface area contributed by atoms with Crippen LogP contribution in [0, 0.1) is 0 Å². The minimum atomic E-state index is -0.293. The molecule has 0 saturated carbocycles. The van der Waals surface area contributed by atoms with Gasteiger partial charge in [0.05, 0.1) is 12.1 Å². The molecule has 0 aromatic carbocycles. The van der Waals surface area contributed by atoms with Crippen molar-refractivity contribution in [1.82, 2.24) is 25.2 Å². The second-order valence-corrected chi connectivity index (χ2v) is 3.76. The fraction of sp³-hybridized carbons (Fsp3) is 0.364. The molecule has 7 nitrogen and oxygen atoms in total. The first-order chi connectivity index (χ1) is 8.79. The number of nitrogens with zero attached hydrogens (tertiary/aromatic N) is 5. The van der Waals surface area contributed by atoms with Crippen LogP contribution >= 0.6 is 0 Å². The first-order valence-electron chi connectivity index (χ1n) is 5.79. The van der Waals surface area contributed by atoms with E-state index in [2.05, 4.69) is 32.6 Å². The summed E-state index contributed by atoms with van der Waals surface area (Å²) in [4.78, 5) is 17.1. The lowest BCUT2D eigenvalue weighted by atomic mass is 10.3. The number of carbonyl (C=O) groups excluding carboxylic acids is 1. The number of rotatable bonds is 5. The lowest BCUT2D eigenvalue weighted by molar-refractivity contribution is 0.102. The molecule has 2 heterocycles. The number of tetrazole rings is 1. The molecule has 0 saturated heterocycles. The molecule has 1 amide bonds. The van der Waals surface area contributed by atoms with Gasteiger partial charge in [-0.25, -0.2) is 0 Å². The van der Waals surface area contributed by atoms with Crippen molar-refractivity contribution in [2.45, 2.75) is 26.3 Å². The van der Waals surface area contributed by atoms with Crippen LogP contribution in [0.1, 0.15) is 30.1 Å². The van der Waals surface area contributed by atoms with Crippen molar-refractivity contribution in [3.63, 3.8) is 0 Å². The zero-order chi connectivity index (χ0) is 12.8. The third-order valence-corrected chi connectivity index (χ3v) is 2.31. The monoisotopic (exact) mass is 246 g/mol. The highest BCUT2D eigenvalue weighted by Crippen LogP contribution is 2.01. The second kappa shape index (κ2) is 5.85. The van der Waals surface area contributed by atoms with E-state index in [0.717, 1.165) is 12.8 Å². The maximum atomic E-state index is 11.8. The molecule has 0 fully saturated rings. The van der Waals surface area contributed by atoms with E-state index in [4.69, 9.17) is 0 Å². The second-order valence-electron chi connectivity index (χ2n) is 3.76. The highest BCUT2D eigenvalue weighted by Gasteiger charge is 2.09. The van der Waals surface area contributed by atoms with Crippen LogP contribution in [0.3, 0.4) is 0 Å². The van der Waals surface area contributed by atoms with Gasteiger partial charge in [0.1, 0.15) is 0 Å². The number of anilines is 1. The Balaban J connectivity index is 1.97. The highest BCUT2D eigenvalue weighted by atomic mass is 16.1. The molecular weight excluding hydrogens is 232 g/mol. The number of hydrogen-bond acceptors (Lipinski definition) is 5. The van der Waals surface area contributed by atoms with Gasteiger partial charge >= 0.3 is 0 Å². The van der Waals surface area contributed by atoms with Gasteiger partial charge in [-0.3, -0.25) is 15.1 Å². The van der Waals surface area contributed by atoms with Gasteiger partial charge in [-0.15, -0.1) is 5.10 Å². The zero-order valence-electron chi connectivity index (χ0n) is 10.1. The summed E-state index contributed by atoms with van der Waals surface area (Å²) in [5.41, 5.74) is 0.461. The van der Waals surface area contributed by atoms with Crippen LogP contribution in [-0.2, 0) is 6.54 Å². The van der Waals surface area contributed by atoms with E-state index >= 15 is 0 Å². The molecule has 0 atom stereocenters. The van der Waals surface area contributed by atoms with E-state index in [0.29, 0.717) is 12.1 Å². The molecule has 2 aromatic heterocycles. The maximum absolute atomic E-state index is 11.8. The molecule has 94 valence electrons. The van der Waals surface area contributed by atoms with Gasteiger partial charge < -0.3 is 0 Å². The van der Waals surface area contributed by atoms with Crippen molar-refractivity contribution in [2.24, 2.45) is 0 Å². The summed E-state index contributed by atoms with van der Waals surface area (Å²) >= 11 is 0. The Morgan fingerprint density at radius 3 is 3.11 bits per heavy atom. The standard InChI is InChI=1S/C11H14N6O/c1-2-3-7-17-15-11(14-16-17)13-10(18)9-5-4-6-12-8-9/h4-6,8H,2-3,7H2,1H3,(H,13,15,18). The lowest BCUT2D eigenvalue weighted by Crippen LogP contribution is -2.13. The van der Waals surface area contributed by atoms with Crippen molar-refractivity contribution < 1.29 is 4.79 Å². The zero-order valence-corrected chi connectivity index (χ0v) is 10.1. The molecule has 0 aliphatic heterocycles. The van der Waals surface area contributed by atoms with E-state index in [-0.39, 0.29) is 11.9 Å². The molecular formula is C11H14N6O. The summed E-state index contributed by atoms with van der Waals surface area (Å²) < 4.78 is 0. The van der Waals surface area contributed by atoms with Crippen LogP contribution in [0.2, 0.25) is 0 Å². The molecule has 18 heavy (non-hydrogen) atoms. The van der Waals surface area contributed by atoms with Crippen molar-refractivity contribution >= 4 is 11.9 Å². The Bertz CT molecular complexity index is 509. The number of unbranched alkanes of at least 4 members (excludes halogenated alkanes) is 1. The number of amides is 1. The number of aryl methyl sites for hydroxylation is 1. The van der Waals surface area contributed by atoms with Crippen LogP contribution in [0.25, 0.3) is 0 Å². The number of nitrogens with one attached hydrogen (secondary N) is 1. The highest BCUT2D eigenvalue weighted by molar-refractivity contribution is 6.02. The van der Waals surface area contributed by atoms with Crippen LogP contribution in [0.5, 0.6) is 0 Å². The van der Waals surface area contributed by atoms with E-state index in [9.17, 15) is 4.79 Å². The van der Waals surface area contributed by atoms with Crippen LogP contribution < -0.4 is 5.32 Å². The summed E-state index contributed by atoms with van der Waals surface area (Å²) in [6.45, 7) is 2.79. The topological polar surface area (TPSA) is 85.6 Å². The number of pyridine rings is 1. The fourth-order valence-corrected chi connectivity index (χ4v) is 1.36. The summed E-state index contributed by atoms with van der Waals surface area (Å²) in [5, 5.41) is 14.2. The molecule has 0 spiro atoms. The Morgan fingerprint density at radius 1 is 1.50 bits per heavy atom. The first-order valence-corrected chi connectivity index (χ1v) is 5.79. The molecule has 0 aliphatic carbocycles. The summed E-state index contributed by atoms with van der Waals surface area (Å²) in [6, 6.07) is 3.37. The van der Waals surface area contributed by atoms with Crippen molar-refractivity contribution in [3.8, 4) is 0 Å². The van der Waals surface area contributed by atoms with E-state index in [1.54, 1.807) is 18.3 Å². The molecule has 1 N–H and O–H groups in total. The van der Waals surface area contributed by atoms with Gasteiger partial charge in [0, 0.05) is 12.4 Å². The van der Waals surface area contributed by atoms with E-state index < -0.39 is 0 Å². The summed E-state index contributed by atoms with van der Waals surface area (Å²) in [6.07, 6.45) is 5.12. The van der Waals surface area contributed by atoms with E-state index in [1.165, 1.54) is 11.0 Å². The molecule has 0 unspecified atom stereocenters. The summed E-state index contributed by atoms with van der Waals surface area (Å²) in [7, 11) is 0. The Labute approximate surface area is 104 Å². The first kappa shape index (κ1) is 12.2. The van der Waals surface area contributed by atoms with Gasteiger partial charge in [0.25, 0.3) is 11.9 Å². The van der Waals surface area contributed by atoms with Crippen molar-refractivity contribution in [1.29, 1.82) is 0 Å². The molecule has 7 heteroatoms. The van der Waals surface area contributed by atoms with Crippen LogP contribution in [0.4, 0.5) is 5.95 Å². The molecule has 0 aliphatic rings. The van der Waals surface area contributed by atoms with Gasteiger partial charge in [-0.05, 0) is 23.8 Å². The molecule has 2 rings (SSSR count). The van der Waals surface area contributed by atoms with Gasteiger partial charge in [-0.2, -0.15) is 4.80 Å². The SMILES string of the molecule is CCCCn1nnc(NC(=O)c2cccnc2)n1. The van der Waals surface area contributed by atoms with Gasteiger partial charge in [-0.1, -0.05) is 18.4 Å². The smallest absolute Gasteiger partial charge is 0.270 e. The van der Waals surface area contributed by atoms with Crippen LogP contribution in [-0.4, -0.2) is 31.1 Å². The average Bonchev–Trinajstić information content (AvgIpc) is 2.85. The summed E-state index contributed by atoms with van der Waals surface area (Å²) in [5.74, 6) is -0.0851. The minimum Gasteiger partial charge on any atom is -0.288 e. The molecule has 0 radical (unpaired) electrons. The van der Waals surface area contributed by atoms with Crippen molar-refractivity contribution in [2.75, 3.05) is 5.32 Å². The number of hydrogen-bond donors (Lipinski definition) is 1. The fourth-order valence-electron chi connectivity index (χ4n) is 1.36. The predicted molar refractivity (Wildman–Crippen MR) is 64.9 cm³/mol.